The fraction of sp³-hybridized carbons (Fsp3) is 0.550. The normalized spacial score (nSPS) is 19.4. The number of ether oxygens (including phenoxy) is 1. The molecule has 7 nitrogen and oxygen atoms in total. The van der Waals surface area contributed by atoms with Gasteiger partial charge in [0.25, 0.3) is 0 Å². The zero-order valence-corrected chi connectivity index (χ0v) is 18.7. The molecule has 9 heteroatoms. The molecule has 0 saturated carbocycles. The highest BCUT2D eigenvalue weighted by atomic mass is 32.2. The van der Waals surface area contributed by atoms with E-state index in [0.29, 0.717) is 11.3 Å². The number of hydrogen-bond donors (Lipinski definition) is 1. The predicted molar refractivity (Wildman–Crippen MR) is 112 cm³/mol. The summed E-state index contributed by atoms with van der Waals surface area (Å²) in [7, 11) is -3.08. The van der Waals surface area contributed by atoms with E-state index >= 15 is 0 Å². The molecule has 1 aromatic carbocycles. The predicted octanol–water partition coefficient (Wildman–Crippen LogP) is 2.24. The van der Waals surface area contributed by atoms with E-state index in [2.05, 4.69) is 5.32 Å². The topological polar surface area (TPSA) is 107 Å². The minimum Gasteiger partial charge on any atom is -0.454 e. The number of nitrogens with one attached hydrogen (secondary N) is 1. The van der Waals surface area contributed by atoms with Crippen molar-refractivity contribution < 1.29 is 27.5 Å². The molecule has 0 bridgehead atoms. The molecule has 0 spiro atoms. The molecule has 1 aliphatic heterocycles. The second-order valence-corrected chi connectivity index (χ2v) is 11.7. The Labute approximate surface area is 175 Å². The summed E-state index contributed by atoms with van der Waals surface area (Å²) in [6.45, 7) is 6.64. The molecule has 1 N–H and O–H groups in total. The van der Waals surface area contributed by atoms with Crippen LogP contribution in [0.4, 0.5) is 0 Å². The van der Waals surface area contributed by atoms with Crippen LogP contribution in [-0.4, -0.2) is 55.5 Å². The summed E-state index contributed by atoms with van der Waals surface area (Å²) in [6, 6.07) is 6.34. The highest BCUT2D eigenvalue weighted by molar-refractivity contribution is 8.00. The summed E-state index contributed by atoms with van der Waals surface area (Å²) >= 11 is 1.18. The summed E-state index contributed by atoms with van der Waals surface area (Å²) in [6.07, 6.45) is 0.413. The Balaban J connectivity index is 1.99. The fourth-order valence-corrected chi connectivity index (χ4v) is 5.30. The van der Waals surface area contributed by atoms with Gasteiger partial charge in [-0.05, 0) is 25.5 Å². The Morgan fingerprint density at radius 1 is 1.24 bits per heavy atom. The molecule has 2 atom stereocenters. The van der Waals surface area contributed by atoms with Gasteiger partial charge < -0.3 is 10.1 Å². The molecule has 1 saturated heterocycles. The third-order valence-electron chi connectivity index (χ3n) is 4.53. The van der Waals surface area contributed by atoms with E-state index in [0.717, 1.165) is 0 Å². The lowest BCUT2D eigenvalue weighted by Crippen LogP contribution is -2.40. The van der Waals surface area contributed by atoms with Crippen LogP contribution in [0.3, 0.4) is 0 Å². The number of Topliss-reactive ketones (excluding diaryl/α,β-unsaturated/α-hetero) is 1. The van der Waals surface area contributed by atoms with Gasteiger partial charge >= 0.3 is 5.97 Å². The van der Waals surface area contributed by atoms with E-state index in [1.165, 1.54) is 11.8 Å². The van der Waals surface area contributed by atoms with Gasteiger partial charge in [-0.25, -0.2) is 13.2 Å². The number of carbonyl (C=O) groups excluding carboxylic acids is 3. The Morgan fingerprint density at radius 3 is 2.48 bits per heavy atom. The molecule has 1 aliphatic rings. The standard InChI is InChI=1S/C20H27NO6S2/c1-13(18(23)21-14-9-10-29(25,26)12-14)28-16-8-6-5-7-15(16)19(24)27-11-17(22)20(2,3)4/h5-8,13-14H,9-12H2,1-4H3,(H,21,23)/t13-,14+/m0/s1. The minimum absolute atomic E-state index is 0.0408. The van der Waals surface area contributed by atoms with Gasteiger partial charge in [-0.3, -0.25) is 9.59 Å². The molecule has 29 heavy (non-hydrogen) atoms. The highest BCUT2D eigenvalue weighted by Gasteiger charge is 2.30. The second kappa shape index (κ2) is 9.30. The number of esters is 1. The Morgan fingerprint density at radius 2 is 1.90 bits per heavy atom. The van der Waals surface area contributed by atoms with Crippen molar-refractivity contribution in [3.05, 3.63) is 29.8 Å². The fourth-order valence-electron chi connectivity index (χ4n) is 2.63. The van der Waals surface area contributed by atoms with Gasteiger partial charge in [0.2, 0.25) is 5.91 Å². The molecule has 2 rings (SSSR count). The first-order valence-corrected chi connectivity index (χ1v) is 12.1. The smallest absolute Gasteiger partial charge is 0.339 e. The SMILES string of the molecule is C[C@H](Sc1ccccc1C(=O)OCC(=O)C(C)(C)C)C(=O)N[C@@H]1CCS(=O)(=O)C1. The van der Waals surface area contributed by atoms with E-state index < -0.39 is 26.5 Å². The molecule has 1 aromatic rings. The van der Waals surface area contributed by atoms with Gasteiger partial charge in [0.15, 0.2) is 22.2 Å². The lowest BCUT2D eigenvalue weighted by atomic mass is 9.91. The highest BCUT2D eigenvalue weighted by Crippen LogP contribution is 2.28. The Hall–Kier alpha value is -1.87. The molecule has 1 amide bonds. The number of sulfone groups is 1. The number of rotatable bonds is 7. The largest absolute Gasteiger partial charge is 0.454 e. The van der Waals surface area contributed by atoms with Crippen molar-refractivity contribution in [1.82, 2.24) is 5.32 Å². The average molecular weight is 442 g/mol. The van der Waals surface area contributed by atoms with Gasteiger partial charge in [-0.2, -0.15) is 0 Å². The number of carbonyl (C=O) groups is 3. The van der Waals surface area contributed by atoms with Crippen molar-refractivity contribution in [3.63, 3.8) is 0 Å². The Bertz CT molecular complexity index is 888. The van der Waals surface area contributed by atoms with Crippen LogP contribution >= 0.6 is 11.8 Å². The first-order chi connectivity index (χ1) is 13.4. The maximum Gasteiger partial charge on any atom is 0.339 e. The lowest BCUT2D eigenvalue weighted by Gasteiger charge is -2.18. The summed E-state index contributed by atoms with van der Waals surface area (Å²) in [5.74, 6) is -1.05. The average Bonchev–Trinajstić information content (AvgIpc) is 2.97. The summed E-state index contributed by atoms with van der Waals surface area (Å²) in [5, 5.41) is 2.22. The molecule has 0 aromatic heterocycles. The molecular formula is C20H27NO6S2. The summed E-state index contributed by atoms with van der Waals surface area (Å²) in [5.41, 5.74) is -0.322. The summed E-state index contributed by atoms with van der Waals surface area (Å²) < 4.78 is 28.2. The van der Waals surface area contributed by atoms with E-state index in [1.54, 1.807) is 52.0 Å². The van der Waals surface area contributed by atoms with E-state index in [-0.39, 0.29) is 41.4 Å². The molecule has 0 unspecified atom stereocenters. The van der Waals surface area contributed by atoms with Crippen molar-refractivity contribution in [1.29, 1.82) is 0 Å². The van der Waals surface area contributed by atoms with Gasteiger partial charge in [0, 0.05) is 16.4 Å². The molecule has 1 heterocycles. The van der Waals surface area contributed by atoms with E-state index in [4.69, 9.17) is 4.74 Å². The van der Waals surface area contributed by atoms with Crippen molar-refractivity contribution in [3.8, 4) is 0 Å². The molecular weight excluding hydrogens is 414 g/mol. The first kappa shape index (κ1) is 23.4. The molecule has 160 valence electrons. The van der Waals surface area contributed by atoms with Crippen molar-refractivity contribution in [2.75, 3.05) is 18.1 Å². The number of thioether (sulfide) groups is 1. The van der Waals surface area contributed by atoms with Crippen LogP contribution in [0.1, 0.15) is 44.5 Å². The lowest BCUT2D eigenvalue weighted by molar-refractivity contribution is -0.129. The minimum atomic E-state index is -3.08. The van der Waals surface area contributed by atoms with Crippen LogP contribution in [0.15, 0.2) is 29.2 Å². The van der Waals surface area contributed by atoms with E-state index in [1.807, 2.05) is 0 Å². The van der Waals surface area contributed by atoms with E-state index in [9.17, 15) is 22.8 Å². The molecule has 0 aliphatic carbocycles. The number of ketones is 1. The van der Waals surface area contributed by atoms with Crippen molar-refractivity contribution in [2.45, 2.75) is 50.3 Å². The van der Waals surface area contributed by atoms with Gasteiger partial charge in [-0.1, -0.05) is 32.9 Å². The zero-order valence-electron chi connectivity index (χ0n) is 17.1. The molecule has 0 radical (unpaired) electrons. The van der Waals surface area contributed by atoms with Crippen LogP contribution < -0.4 is 5.32 Å². The number of hydrogen-bond acceptors (Lipinski definition) is 7. The monoisotopic (exact) mass is 441 g/mol. The zero-order chi connectivity index (χ0) is 21.8. The van der Waals surface area contributed by atoms with Crippen LogP contribution in [0.5, 0.6) is 0 Å². The molecule has 1 fully saturated rings. The van der Waals surface area contributed by atoms with Gasteiger partial charge in [0.05, 0.1) is 22.3 Å². The van der Waals surface area contributed by atoms with Crippen LogP contribution in [0.2, 0.25) is 0 Å². The Kier molecular flexibility index (Phi) is 7.50. The van der Waals surface area contributed by atoms with Gasteiger partial charge in [-0.15, -0.1) is 11.8 Å². The number of benzene rings is 1. The van der Waals surface area contributed by atoms with Crippen molar-refractivity contribution >= 4 is 39.3 Å². The quantitative estimate of drug-likeness (QED) is 0.511. The van der Waals surface area contributed by atoms with Crippen LogP contribution in [0, 0.1) is 5.41 Å². The maximum atomic E-state index is 12.4. The third-order valence-corrected chi connectivity index (χ3v) is 7.48. The number of amides is 1. The van der Waals surface area contributed by atoms with Gasteiger partial charge in [0.1, 0.15) is 0 Å². The third kappa shape index (κ3) is 6.85. The van der Waals surface area contributed by atoms with Crippen LogP contribution in [0.25, 0.3) is 0 Å². The second-order valence-electron chi connectivity index (χ2n) is 8.11. The summed E-state index contributed by atoms with van der Waals surface area (Å²) in [4.78, 5) is 37.4. The first-order valence-electron chi connectivity index (χ1n) is 9.36. The van der Waals surface area contributed by atoms with Crippen molar-refractivity contribution in [2.24, 2.45) is 5.41 Å². The maximum absolute atomic E-state index is 12.4. The van der Waals surface area contributed by atoms with Crippen LogP contribution in [-0.2, 0) is 24.2 Å².